The molecule has 0 fully saturated rings. The molecule has 2 atom stereocenters. The van der Waals surface area contributed by atoms with Gasteiger partial charge in [0, 0.05) is 0 Å². The van der Waals surface area contributed by atoms with Crippen molar-refractivity contribution in [2.45, 2.75) is 128 Å². The molecule has 2 unspecified atom stereocenters. The summed E-state index contributed by atoms with van der Waals surface area (Å²) in [5.41, 5.74) is 0. The first-order chi connectivity index (χ1) is 17.7. The minimum absolute atomic E-state index is 0.202. The average molecular weight is 493 g/mol. The predicted octanol–water partition coefficient (Wildman–Crippen LogP) is 6.48. The molecule has 3 N–H and O–H groups in total. The molecular weight excluding hydrogens is 444 g/mol. The van der Waals surface area contributed by atoms with Gasteiger partial charge in [-0.15, -0.1) is 6.42 Å². The minimum Gasteiger partial charge on any atom is -0.384 e. The van der Waals surface area contributed by atoms with Crippen molar-refractivity contribution in [3.63, 3.8) is 0 Å². The molecule has 3 nitrogen and oxygen atoms in total. The molecule has 0 aliphatic carbocycles. The van der Waals surface area contributed by atoms with E-state index in [0.717, 1.165) is 19.3 Å². The van der Waals surface area contributed by atoms with Crippen LogP contribution >= 0.6 is 0 Å². The molecule has 36 heavy (non-hydrogen) atoms. The fourth-order valence-electron chi connectivity index (χ4n) is 3.75. The smallest absolute Gasteiger partial charge is 0.133 e. The Hall–Kier alpha value is -2.40. The standard InChI is InChI=1S/C33H48O3/c1-2-32(35)28-24-20-17-15-13-11-9-7-5-3-4-6-8-10-12-14-16-18-21-25-29-33(36)30-26-22-19-23-27-31-34/h1,6,8,24,28,32-36H,3-5,7,9-18,20-21,25,29,31H2/b8-6-,28-24+. The molecule has 0 amide bonds. The first-order valence-electron chi connectivity index (χ1n) is 13.9. The van der Waals surface area contributed by atoms with Gasteiger partial charge >= 0.3 is 0 Å². The molecule has 0 bridgehead atoms. The highest BCUT2D eigenvalue weighted by atomic mass is 16.3. The Kier molecular flexibility index (Phi) is 26.9. The average Bonchev–Trinajstić information content (AvgIpc) is 2.88. The fourth-order valence-corrected chi connectivity index (χ4v) is 3.75. The number of unbranched alkanes of at least 4 members (excludes halogenated alkanes) is 15. The fraction of sp³-hybridized carbons (Fsp3) is 0.636. The second-order valence-electron chi connectivity index (χ2n) is 9.11. The van der Waals surface area contributed by atoms with Crippen molar-refractivity contribution in [1.29, 1.82) is 0 Å². The van der Waals surface area contributed by atoms with Gasteiger partial charge in [-0.3, -0.25) is 0 Å². The summed E-state index contributed by atoms with van der Waals surface area (Å²) in [6.45, 7) is -0.202. The van der Waals surface area contributed by atoms with E-state index >= 15 is 0 Å². The third kappa shape index (κ3) is 27.8. The predicted molar refractivity (Wildman–Crippen MR) is 153 cm³/mol. The number of rotatable bonds is 21. The normalized spacial score (nSPS) is 12.2. The lowest BCUT2D eigenvalue weighted by molar-refractivity contribution is 0.217. The molecule has 0 saturated carbocycles. The van der Waals surface area contributed by atoms with Crippen LogP contribution in [0.15, 0.2) is 24.3 Å². The van der Waals surface area contributed by atoms with Crippen LogP contribution in [0.25, 0.3) is 0 Å². The largest absolute Gasteiger partial charge is 0.384 e. The highest BCUT2D eigenvalue weighted by molar-refractivity contribution is 5.36. The Labute approximate surface area is 221 Å². The van der Waals surface area contributed by atoms with Crippen LogP contribution in [0.1, 0.15) is 116 Å². The van der Waals surface area contributed by atoms with Crippen LogP contribution in [0.2, 0.25) is 0 Å². The molecule has 0 aliphatic heterocycles. The van der Waals surface area contributed by atoms with Crippen LogP contribution in [-0.2, 0) is 0 Å². The topological polar surface area (TPSA) is 60.7 Å². The van der Waals surface area contributed by atoms with Crippen molar-refractivity contribution in [3.05, 3.63) is 24.3 Å². The summed E-state index contributed by atoms with van der Waals surface area (Å²) in [5, 5.41) is 27.5. The zero-order valence-electron chi connectivity index (χ0n) is 22.3. The Morgan fingerprint density at radius 1 is 0.583 bits per heavy atom. The SMILES string of the molecule is C#CC(O)/C=C/CCCCCCCCCC/C=C\CCCCCCCCC(O)C#CC#CC#CCO. The van der Waals surface area contributed by atoms with Crippen molar-refractivity contribution in [2.75, 3.05) is 6.61 Å². The second kappa shape index (κ2) is 28.8. The molecule has 0 radical (unpaired) electrons. The minimum atomic E-state index is -0.729. The summed E-state index contributed by atoms with van der Waals surface area (Å²) in [6, 6.07) is 0. The lowest BCUT2D eigenvalue weighted by Crippen LogP contribution is -2.01. The van der Waals surface area contributed by atoms with Crippen LogP contribution in [-0.4, -0.2) is 34.1 Å². The maximum Gasteiger partial charge on any atom is 0.133 e. The molecule has 198 valence electrons. The number of hydrogen-bond donors (Lipinski definition) is 3. The highest BCUT2D eigenvalue weighted by Gasteiger charge is 1.98. The zero-order chi connectivity index (χ0) is 26.4. The summed E-state index contributed by atoms with van der Waals surface area (Å²) in [6.07, 6.45) is 33.8. The van der Waals surface area contributed by atoms with E-state index in [2.05, 4.69) is 53.6 Å². The quantitative estimate of drug-likeness (QED) is 0.0976. The number of aliphatic hydroxyl groups excluding tert-OH is 3. The Bertz CT molecular complexity index is 782. The summed E-state index contributed by atoms with van der Waals surface area (Å²) >= 11 is 0. The summed E-state index contributed by atoms with van der Waals surface area (Å²) in [4.78, 5) is 0. The molecular formula is C33H48O3. The van der Waals surface area contributed by atoms with Gasteiger partial charge in [0.05, 0.1) is 0 Å². The number of allylic oxidation sites excluding steroid dienone is 3. The Morgan fingerprint density at radius 3 is 1.58 bits per heavy atom. The molecule has 0 aromatic rings. The van der Waals surface area contributed by atoms with E-state index in [9.17, 15) is 10.2 Å². The number of terminal acetylenes is 1. The van der Waals surface area contributed by atoms with E-state index in [4.69, 9.17) is 11.5 Å². The summed E-state index contributed by atoms with van der Waals surface area (Å²) in [5.74, 6) is 17.5. The van der Waals surface area contributed by atoms with Crippen LogP contribution in [0.4, 0.5) is 0 Å². The van der Waals surface area contributed by atoms with E-state index in [1.54, 1.807) is 6.08 Å². The molecule has 0 aromatic heterocycles. The van der Waals surface area contributed by atoms with Gasteiger partial charge in [-0.1, -0.05) is 100 Å². The molecule has 0 heterocycles. The van der Waals surface area contributed by atoms with Gasteiger partial charge < -0.3 is 15.3 Å². The van der Waals surface area contributed by atoms with Crippen molar-refractivity contribution in [3.8, 4) is 47.9 Å². The summed E-state index contributed by atoms with van der Waals surface area (Å²) < 4.78 is 0. The van der Waals surface area contributed by atoms with Gasteiger partial charge in [-0.25, -0.2) is 0 Å². The molecule has 0 aliphatic rings. The number of hydrogen-bond acceptors (Lipinski definition) is 3. The van der Waals surface area contributed by atoms with Gasteiger partial charge in [-0.2, -0.15) is 0 Å². The third-order valence-electron chi connectivity index (χ3n) is 5.84. The van der Waals surface area contributed by atoms with Gasteiger partial charge in [0.1, 0.15) is 18.8 Å². The maximum atomic E-state index is 9.79. The first-order valence-corrected chi connectivity index (χ1v) is 13.9. The second-order valence-corrected chi connectivity index (χ2v) is 9.11. The van der Waals surface area contributed by atoms with E-state index < -0.39 is 12.2 Å². The highest BCUT2D eigenvalue weighted by Crippen LogP contribution is 2.12. The van der Waals surface area contributed by atoms with Crippen LogP contribution < -0.4 is 0 Å². The van der Waals surface area contributed by atoms with Crippen molar-refractivity contribution in [1.82, 2.24) is 0 Å². The van der Waals surface area contributed by atoms with Crippen LogP contribution in [0, 0.1) is 47.9 Å². The van der Waals surface area contributed by atoms with E-state index in [1.165, 1.54) is 89.9 Å². The zero-order valence-corrected chi connectivity index (χ0v) is 22.3. The first kappa shape index (κ1) is 33.6. The van der Waals surface area contributed by atoms with E-state index in [-0.39, 0.29) is 6.61 Å². The molecule has 0 aromatic carbocycles. The van der Waals surface area contributed by atoms with Crippen molar-refractivity contribution >= 4 is 0 Å². The summed E-state index contributed by atoms with van der Waals surface area (Å²) in [7, 11) is 0. The van der Waals surface area contributed by atoms with Crippen molar-refractivity contribution < 1.29 is 15.3 Å². The monoisotopic (exact) mass is 492 g/mol. The molecule has 0 spiro atoms. The Morgan fingerprint density at radius 2 is 1.06 bits per heavy atom. The third-order valence-corrected chi connectivity index (χ3v) is 5.84. The van der Waals surface area contributed by atoms with Crippen molar-refractivity contribution in [2.24, 2.45) is 0 Å². The van der Waals surface area contributed by atoms with Gasteiger partial charge in [0.15, 0.2) is 0 Å². The van der Waals surface area contributed by atoms with Crippen LogP contribution in [0.3, 0.4) is 0 Å². The van der Waals surface area contributed by atoms with Gasteiger partial charge in [0.2, 0.25) is 0 Å². The molecule has 3 heteroatoms. The molecule has 0 rings (SSSR count). The lowest BCUT2D eigenvalue weighted by atomic mass is 10.1. The number of aliphatic hydroxyl groups is 3. The Balaban J connectivity index is 3.34. The lowest BCUT2D eigenvalue weighted by Gasteiger charge is -2.03. The van der Waals surface area contributed by atoms with Gasteiger partial charge in [-0.05, 0) is 81.1 Å². The molecule has 0 saturated heterocycles. The maximum absolute atomic E-state index is 9.79. The van der Waals surface area contributed by atoms with Crippen LogP contribution in [0.5, 0.6) is 0 Å². The van der Waals surface area contributed by atoms with E-state index in [0.29, 0.717) is 6.42 Å². The van der Waals surface area contributed by atoms with Gasteiger partial charge in [0.25, 0.3) is 0 Å². The van der Waals surface area contributed by atoms with E-state index in [1.807, 2.05) is 6.08 Å².